The molecule has 0 bridgehead atoms. The van der Waals surface area contributed by atoms with Gasteiger partial charge in [0.05, 0.1) is 6.04 Å². The molecule has 124 valence electrons. The van der Waals surface area contributed by atoms with E-state index >= 15 is 0 Å². The SMILES string of the molecule is CC(C)(C)c1ccc([C@H](N)c2ccc(OC(F)(F)F)cc2)cc1. The highest BCUT2D eigenvalue weighted by Gasteiger charge is 2.31. The van der Waals surface area contributed by atoms with E-state index in [1.54, 1.807) is 12.1 Å². The van der Waals surface area contributed by atoms with Crippen LogP contribution >= 0.6 is 0 Å². The van der Waals surface area contributed by atoms with Crippen LogP contribution in [0.3, 0.4) is 0 Å². The lowest BCUT2D eigenvalue weighted by Gasteiger charge is -2.20. The van der Waals surface area contributed by atoms with Crippen LogP contribution in [0.15, 0.2) is 48.5 Å². The molecule has 0 aliphatic carbocycles. The standard InChI is InChI=1S/C18H20F3NO/c1-17(2,3)14-8-4-12(5-9-14)16(22)13-6-10-15(11-7-13)23-18(19,20)21/h4-11,16H,22H2,1-3H3/t16-/m0/s1. The summed E-state index contributed by atoms with van der Waals surface area (Å²) in [6.07, 6.45) is -4.69. The molecule has 0 aliphatic heterocycles. The number of hydrogen-bond donors (Lipinski definition) is 1. The zero-order valence-corrected chi connectivity index (χ0v) is 13.3. The van der Waals surface area contributed by atoms with Crippen LogP contribution < -0.4 is 10.5 Å². The van der Waals surface area contributed by atoms with Gasteiger partial charge in [-0.25, -0.2) is 0 Å². The molecule has 2 nitrogen and oxygen atoms in total. The average Bonchev–Trinajstić information content (AvgIpc) is 2.45. The van der Waals surface area contributed by atoms with Crippen molar-refractivity contribution in [3.63, 3.8) is 0 Å². The van der Waals surface area contributed by atoms with Gasteiger partial charge in [0.15, 0.2) is 0 Å². The molecule has 2 aromatic rings. The maximum absolute atomic E-state index is 12.2. The molecule has 0 radical (unpaired) electrons. The van der Waals surface area contributed by atoms with E-state index in [2.05, 4.69) is 25.5 Å². The number of halogens is 3. The Hall–Kier alpha value is -2.01. The van der Waals surface area contributed by atoms with Gasteiger partial charge in [0.1, 0.15) is 5.75 Å². The van der Waals surface area contributed by atoms with E-state index < -0.39 is 12.4 Å². The predicted octanol–water partition coefficient (Wildman–Crippen LogP) is 4.93. The normalized spacial score (nSPS) is 13.7. The molecule has 2 N–H and O–H groups in total. The Morgan fingerprint density at radius 2 is 1.26 bits per heavy atom. The monoisotopic (exact) mass is 323 g/mol. The largest absolute Gasteiger partial charge is 0.573 e. The van der Waals surface area contributed by atoms with Gasteiger partial charge in [-0.05, 0) is 34.2 Å². The Morgan fingerprint density at radius 3 is 1.65 bits per heavy atom. The Bertz CT molecular complexity index is 640. The quantitative estimate of drug-likeness (QED) is 0.869. The van der Waals surface area contributed by atoms with Crippen LogP contribution in [0.1, 0.15) is 43.5 Å². The summed E-state index contributed by atoms with van der Waals surface area (Å²) in [4.78, 5) is 0. The third kappa shape index (κ3) is 4.73. The van der Waals surface area contributed by atoms with Gasteiger partial charge in [0.25, 0.3) is 0 Å². The lowest BCUT2D eigenvalue weighted by molar-refractivity contribution is -0.274. The summed E-state index contributed by atoms with van der Waals surface area (Å²) in [6.45, 7) is 6.38. The van der Waals surface area contributed by atoms with Crippen molar-refractivity contribution in [2.45, 2.75) is 38.6 Å². The van der Waals surface area contributed by atoms with Crippen LogP contribution in [0.5, 0.6) is 5.75 Å². The van der Waals surface area contributed by atoms with Crippen molar-refractivity contribution in [1.82, 2.24) is 0 Å². The van der Waals surface area contributed by atoms with E-state index in [9.17, 15) is 13.2 Å². The molecule has 0 unspecified atom stereocenters. The van der Waals surface area contributed by atoms with E-state index in [1.165, 1.54) is 17.7 Å². The molecule has 5 heteroatoms. The summed E-state index contributed by atoms with van der Waals surface area (Å²) >= 11 is 0. The molecular formula is C18H20F3NO. The molecule has 0 spiro atoms. The second-order valence-electron chi connectivity index (χ2n) is 6.47. The number of rotatable bonds is 3. The molecule has 2 aromatic carbocycles. The van der Waals surface area contributed by atoms with Gasteiger partial charge in [0, 0.05) is 0 Å². The van der Waals surface area contributed by atoms with Gasteiger partial charge in [-0.1, -0.05) is 57.2 Å². The number of hydrogen-bond acceptors (Lipinski definition) is 2. The highest BCUT2D eigenvalue weighted by molar-refractivity contribution is 5.37. The molecule has 0 aliphatic rings. The van der Waals surface area contributed by atoms with Crippen molar-refractivity contribution in [2.75, 3.05) is 0 Å². The summed E-state index contributed by atoms with van der Waals surface area (Å²) in [7, 11) is 0. The summed E-state index contributed by atoms with van der Waals surface area (Å²) in [5.74, 6) is -0.253. The Morgan fingerprint density at radius 1 is 0.826 bits per heavy atom. The Labute approximate surface area is 134 Å². The summed E-state index contributed by atoms with van der Waals surface area (Å²) < 4.78 is 40.3. The van der Waals surface area contributed by atoms with Crippen LogP contribution in [-0.2, 0) is 5.41 Å². The smallest absolute Gasteiger partial charge is 0.406 e. The first-order valence-electron chi connectivity index (χ1n) is 7.28. The minimum Gasteiger partial charge on any atom is -0.406 e. The number of nitrogens with two attached hydrogens (primary N) is 1. The van der Waals surface area contributed by atoms with Gasteiger partial charge in [0.2, 0.25) is 0 Å². The van der Waals surface area contributed by atoms with Gasteiger partial charge < -0.3 is 10.5 Å². The fourth-order valence-corrected chi connectivity index (χ4v) is 2.26. The molecule has 0 heterocycles. The molecule has 0 fully saturated rings. The minimum absolute atomic E-state index is 0.0548. The van der Waals surface area contributed by atoms with Crippen LogP contribution in [0, 0.1) is 0 Å². The van der Waals surface area contributed by atoms with E-state index in [1.807, 2.05) is 24.3 Å². The fourth-order valence-electron chi connectivity index (χ4n) is 2.26. The van der Waals surface area contributed by atoms with E-state index in [0.29, 0.717) is 0 Å². The van der Waals surface area contributed by atoms with E-state index in [4.69, 9.17) is 5.73 Å². The molecule has 1 atom stereocenters. The molecule has 2 rings (SSSR count). The number of benzene rings is 2. The summed E-state index contributed by atoms with van der Waals surface area (Å²) in [6, 6.07) is 13.2. The van der Waals surface area contributed by atoms with Gasteiger partial charge >= 0.3 is 6.36 Å². The molecule has 0 amide bonds. The highest BCUT2D eigenvalue weighted by atomic mass is 19.4. The van der Waals surface area contributed by atoms with Crippen molar-refractivity contribution >= 4 is 0 Å². The topological polar surface area (TPSA) is 35.2 Å². The maximum atomic E-state index is 12.2. The summed E-state index contributed by atoms with van der Waals surface area (Å²) in [5, 5.41) is 0. The van der Waals surface area contributed by atoms with Gasteiger partial charge in [-0.15, -0.1) is 13.2 Å². The third-order valence-electron chi connectivity index (χ3n) is 3.61. The van der Waals surface area contributed by atoms with Crippen LogP contribution in [0.25, 0.3) is 0 Å². The first-order valence-corrected chi connectivity index (χ1v) is 7.28. The third-order valence-corrected chi connectivity index (χ3v) is 3.61. The second-order valence-corrected chi connectivity index (χ2v) is 6.47. The van der Waals surface area contributed by atoms with Crippen LogP contribution in [0.2, 0.25) is 0 Å². The van der Waals surface area contributed by atoms with Crippen molar-refractivity contribution in [1.29, 1.82) is 0 Å². The van der Waals surface area contributed by atoms with Gasteiger partial charge in [-0.2, -0.15) is 0 Å². The summed E-state index contributed by atoms with van der Waals surface area (Å²) in [5.41, 5.74) is 9.07. The number of alkyl halides is 3. The molecule has 0 saturated carbocycles. The van der Waals surface area contributed by atoms with Crippen LogP contribution in [-0.4, -0.2) is 6.36 Å². The second kappa shape index (κ2) is 6.24. The van der Waals surface area contributed by atoms with Crippen molar-refractivity contribution < 1.29 is 17.9 Å². The molecule has 23 heavy (non-hydrogen) atoms. The van der Waals surface area contributed by atoms with Crippen molar-refractivity contribution in [2.24, 2.45) is 5.73 Å². The Balaban J connectivity index is 2.15. The van der Waals surface area contributed by atoms with E-state index in [-0.39, 0.29) is 11.2 Å². The zero-order chi connectivity index (χ0) is 17.3. The van der Waals surface area contributed by atoms with Crippen molar-refractivity contribution in [3.8, 4) is 5.75 Å². The molecule has 0 aromatic heterocycles. The molecular weight excluding hydrogens is 303 g/mol. The lowest BCUT2D eigenvalue weighted by Crippen LogP contribution is -2.17. The lowest BCUT2D eigenvalue weighted by atomic mass is 9.86. The zero-order valence-electron chi connectivity index (χ0n) is 13.3. The first-order chi connectivity index (χ1) is 10.6. The number of ether oxygens (including phenoxy) is 1. The predicted molar refractivity (Wildman–Crippen MR) is 84.3 cm³/mol. The highest BCUT2D eigenvalue weighted by Crippen LogP contribution is 2.28. The molecule has 0 saturated heterocycles. The fraction of sp³-hybridized carbons (Fsp3) is 0.333. The minimum atomic E-state index is -4.69. The Kier molecular flexibility index (Phi) is 4.71. The van der Waals surface area contributed by atoms with Crippen LogP contribution in [0.4, 0.5) is 13.2 Å². The van der Waals surface area contributed by atoms with E-state index in [0.717, 1.165) is 11.1 Å². The van der Waals surface area contributed by atoms with Gasteiger partial charge in [-0.3, -0.25) is 0 Å². The average molecular weight is 323 g/mol. The maximum Gasteiger partial charge on any atom is 0.573 e. The first kappa shape index (κ1) is 17.3. The van der Waals surface area contributed by atoms with Crippen molar-refractivity contribution in [3.05, 3.63) is 65.2 Å².